The average molecular weight is 406 g/mol. The molecule has 0 amide bonds. The van der Waals surface area contributed by atoms with Gasteiger partial charge in [-0.2, -0.15) is 0 Å². The Balaban J connectivity index is 1.64. The van der Waals surface area contributed by atoms with Gasteiger partial charge in [0.05, 0.1) is 0 Å². The molecule has 5 nitrogen and oxygen atoms in total. The van der Waals surface area contributed by atoms with Crippen molar-refractivity contribution in [3.8, 4) is 17.5 Å². The van der Waals surface area contributed by atoms with Crippen LogP contribution in [0, 0.1) is 3.57 Å². The van der Waals surface area contributed by atoms with Gasteiger partial charge in [0.25, 0.3) is 5.89 Å². The van der Waals surface area contributed by atoms with Crippen molar-refractivity contribution in [2.75, 3.05) is 6.61 Å². The zero-order chi connectivity index (χ0) is 15.4. The fourth-order valence-corrected chi connectivity index (χ4v) is 2.17. The summed E-state index contributed by atoms with van der Waals surface area (Å²) < 4.78 is 11.7. The second kappa shape index (κ2) is 6.69. The van der Waals surface area contributed by atoms with Crippen LogP contribution in [0.3, 0.4) is 0 Å². The van der Waals surface area contributed by atoms with Crippen LogP contribution in [0.1, 0.15) is 10.4 Å². The standard InChI is InChI=1S/C16H11IN2O3/c17-13-8-6-11(7-9-13)14(20)10-21-16-19-18-15(22-16)12-4-2-1-3-5-12/h1-9H,10H2. The first kappa shape index (κ1) is 14.7. The molecule has 22 heavy (non-hydrogen) atoms. The molecule has 110 valence electrons. The van der Waals surface area contributed by atoms with Crippen molar-refractivity contribution in [2.45, 2.75) is 0 Å². The van der Waals surface area contributed by atoms with Gasteiger partial charge in [0.15, 0.2) is 12.4 Å². The minimum absolute atomic E-state index is 0.0160. The molecule has 0 spiro atoms. The lowest BCUT2D eigenvalue weighted by Crippen LogP contribution is -2.11. The molecule has 2 aromatic carbocycles. The van der Waals surface area contributed by atoms with Crippen LogP contribution in [0.15, 0.2) is 59.0 Å². The number of nitrogens with zero attached hydrogens (tertiary/aromatic N) is 2. The summed E-state index contributed by atoms with van der Waals surface area (Å²) in [5, 5.41) is 7.67. The SMILES string of the molecule is O=C(COc1nnc(-c2ccccc2)o1)c1ccc(I)cc1. The largest absolute Gasteiger partial charge is 0.441 e. The summed E-state index contributed by atoms with van der Waals surface area (Å²) >= 11 is 2.18. The number of hydrogen-bond acceptors (Lipinski definition) is 5. The predicted octanol–water partition coefficient (Wildman–Crippen LogP) is 3.60. The van der Waals surface area contributed by atoms with Crippen LogP contribution < -0.4 is 4.74 Å². The van der Waals surface area contributed by atoms with E-state index in [2.05, 4.69) is 32.8 Å². The van der Waals surface area contributed by atoms with E-state index in [0.29, 0.717) is 11.5 Å². The lowest BCUT2D eigenvalue weighted by atomic mass is 10.1. The highest BCUT2D eigenvalue weighted by Gasteiger charge is 2.12. The van der Waals surface area contributed by atoms with E-state index < -0.39 is 0 Å². The Hall–Kier alpha value is -2.22. The van der Waals surface area contributed by atoms with E-state index in [1.807, 2.05) is 42.5 Å². The molecule has 3 rings (SSSR count). The maximum atomic E-state index is 12.0. The first-order valence-corrected chi connectivity index (χ1v) is 7.61. The highest BCUT2D eigenvalue weighted by molar-refractivity contribution is 14.1. The van der Waals surface area contributed by atoms with Crippen molar-refractivity contribution < 1.29 is 13.9 Å². The van der Waals surface area contributed by atoms with Crippen molar-refractivity contribution in [1.82, 2.24) is 10.2 Å². The molecule has 0 N–H and O–H groups in total. The minimum Gasteiger partial charge on any atom is -0.441 e. The predicted molar refractivity (Wildman–Crippen MR) is 88.7 cm³/mol. The zero-order valence-electron chi connectivity index (χ0n) is 11.4. The number of ether oxygens (including phenoxy) is 1. The van der Waals surface area contributed by atoms with Gasteiger partial charge < -0.3 is 9.15 Å². The van der Waals surface area contributed by atoms with E-state index in [4.69, 9.17) is 9.15 Å². The Morgan fingerprint density at radius 1 is 1.05 bits per heavy atom. The Bertz CT molecular complexity index is 770. The van der Waals surface area contributed by atoms with Gasteiger partial charge in [0.1, 0.15) is 0 Å². The van der Waals surface area contributed by atoms with Crippen molar-refractivity contribution in [3.05, 3.63) is 63.7 Å². The van der Waals surface area contributed by atoms with Gasteiger partial charge >= 0.3 is 6.08 Å². The normalized spacial score (nSPS) is 10.4. The molecular formula is C16H11IN2O3. The van der Waals surface area contributed by atoms with E-state index in [0.717, 1.165) is 9.13 Å². The van der Waals surface area contributed by atoms with Gasteiger partial charge in [0, 0.05) is 14.7 Å². The quantitative estimate of drug-likeness (QED) is 0.479. The fourth-order valence-electron chi connectivity index (χ4n) is 1.81. The molecule has 0 fully saturated rings. The van der Waals surface area contributed by atoms with Gasteiger partial charge in [-0.3, -0.25) is 4.79 Å². The number of hydrogen-bond donors (Lipinski definition) is 0. The van der Waals surface area contributed by atoms with E-state index >= 15 is 0 Å². The Kier molecular flexibility index (Phi) is 4.47. The maximum absolute atomic E-state index is 12.0. The van der Waals surface area contributed by atoms with Crippen molar-refractivity contribution in [3.63, 3.8) is 0 Å². The zero-order valence-corrected chi connectivity index (χ0v) is 13.6. The summed E-state index contributed by atoms with van der Waals surface area (Å²) in [5.41, 5.74) is 1.39. The third-order valence-electron chi connectivity index (χ3n) is 2.92. The molecule has 0 radical (unpaired) electrons. The molecule has 0 aliphatic carbocycles. The van der Waals surface area contributed by atoms with Gasteiger partial charge in [-0.15, -0.1) is 5.10 Å². The minimum atomic E-state index is -0.143. The van der Waals surface area contributed by atoms with Crippen molar-refractivity contribution in [1.29, 1.82) is 0 Å². The molecule has 0 saturated heterocycles. The second-order valence-corrected chi connectivity index (χ2v) is 5.70. The summed E-state index contributed by atoms with van der Waals surface area (Å²) in [6.45, 7) is -0.142. The molecule has 0 aliphatic rings. The molecule has 0 unspecified atom stereocenters. The van der Waals surface area contributed by atoms with Crippen LogP contribution in [-0.2, 0) is 0 Å². The highest BCUT2D eigenvalue weighted by Crippen LogP contribution is 2.20. The van der Waals surface area contributed by atoms with Gasteiger partial charge in [-0.1, -0.05) is 35.4 Å². The van der Waals surface area contributed by atoms with Gasteiger partial charge in [0.2, 0.25) is 0 Å². The lowest BCUT2D eigenvalue weighted by molar-refractivity contribution is 0.0894. The Morgan fingerprint density at radius 2 is 1.77 bits per heavy atom. The van der Waals surface area contributed by atoms with Gasteiger partial charge in [-0.05, 0) is 46.9 Å². The van der Waals surface area contributed by atoms with E-state index in [-0.39, 0.29) is 18.5 Å². The summed E-state index contributed by atoms with van der Waals surface area (Å²) in [4.78, 5) is 12.0. The number of Topliss-reactive ketones (excluding diaryl/α,β-unsaturated/α-hetero) is 1. The molecule has 3 aromatic rings. The third kappa shape index (κ3) is 3.51. The maximum Gasteiger partial charge on any atom is 0.415 e. The number of rotatable bonds is 5. The van der Waals surface area contributed by atoms with Gasteiger partial charge in [-0.25, -0.2) is 0 Å². The van der Waals surface area contributed by atoms with Crippen LogP contribution in [-0.4, -0.2) is 22.6 Å². The number of halogens is 1. The van der Waals surface area contributed by atoms with Crippen LogP contribution in [0.4, 0.5) is 0 Å². The molecular weight excluding hydrogens is 395 g/mol. The molecule has 0 bridgehead atoms. The van der Waals surface area contributed by atoms with E-state index in [1.165, 1.54) is 0 Å². The molecule has 1 heterocycles. The lowest BCUT2D eigenvalue weighted by Gasteiger charge is -2.01. The number of carbonyl (C=O) groups excluding carboxylic acids is 1. The molecule has 0 atom stereocenters. The first-order valence-electron chi connectivity index (χ1n) is 6.53. The summed E-state index contributed by atoms with van der Waals surface area (Å²) in [6, 6.07) is 16.6. The van der Waals surface area contributed by atoms with E-state index in [9.17, 15) is 4.79 Å². The van der Waals surface area contributed by atoms with Crippen LogP contribution >= 0.6 is 22.6 Å². The number of aromatic nitrogens is 2. The van der Waals surface area contributed by atoms with Crippen LogP contribution in [0.5, 0.6) is 6.08 Å². The van der Waals surface area contributed by atoms with Crippen molar-refractivity contribution >= 4 is 28.4 Å². The summed E-state index contributed by atoms with van der Waals surface area (Å²) in [6.07, 6.45) is -0.0160. The van der Waals surface area contributed by atoms with Crippen LogP contribution in [0.25, 0.3) is 11.5 Å². The average Bonchev–Trinajstić information content (AvgIpc) is 3.03. The van der Waals surface area contributed by atoms with Crippen molar-refractivity contribution in [2.24, 2.45) is 0 Å². The number of carbonyl (C=O) groups is 1. The summed E-state index contributed by atoms with van der Waals surface area (Å²) in [7, 11) is 0. The monoisotopic (exact) mass is 406 g/mol. The Morgan fingerprint density at radius 3 is 2.50 bits per heavy atom. The van der Waals surface area contributed by atoms with Crippen LogP contribution in [0.2, 0.25) is 0 Å². The molecule has 0 saturated carbocycles. The third-order valence-corrected chi connectivity index (χ3v) is 3.64. The molecule has 1 aromatic heterocycles. The first-order chi connectivity index (χ1) is 10.7. The topological polar surface area (TPSA) is 65.2 Å². The second-order valence-electron chi connectivity index (χ2n) is 4.46. The summed E-state index contributed by atoms with van der Waals surface area (Å²) in [5.74, 6) is 0.216. The number of ketones is 1. The highest BCUT2D eigenvalue weighted by atomic mass is 127. The smallest absolute Gasteiger partial charge is 0.415 e. The molecule has 0 aliphatic heterocycles. The Labute approximate surface area is 140 Å². The number of benzene rings is 2. The van der Waals surface area contributed by atoms with E-state index in [1.54, 1.807) is 12.1 Å². The molecule has 6 heteroatoms. The fraction of sp³-hybridized carbons (Fsp3) is 0.0625.